The van der Waals surface area contributed by atoms with Gasteiger partial charge >= 0.3 is 0 Å². The van der Waals surface area contributed by atoms with Crippen molar-refractivity contribution in [2.75, 3.05) is 0 Å². The van der Waals surface area contributed by atoms with Crippen LogP contribution in [-0.4, -0.2) is 10.7 Å². The fourth-order valence-electron chi connectivity index (χ4n) is 0.566. The van der Waals surface area contributed by atoms with Gasteiger partial charge in [-0.25, -0.2) is 0 Å². The van der Waals surface area contributed by atoms with Gasteiger partial charge < -0.3 is 5.11 Å². The first-order valence-corrected chi connectivity index (χ1v) is 4.03. The molecule has 0 saturated carbocycles. The van der Waals surface area contributed by atoms with Crippen LogP contribution in [0.2, 0.25) is 0 Å². The lowest BCUT2D eigenvalue weighted by Gasteiger charge is -2.09. The highest BCUT2D eigenvalue weighted by Gasteiger charge is 2.04. The van der Waals surface area contributed by atoms with Gasteiger partial charge in [0.1, 0.15) is 0 Å². The number of allylic oxidation sites excluding steroid dienone is 3. The summed E-state index contributed by atoms with van der Waals surface area (Å²) in [5, 5.41) is 9.29. The predicted octanol–water partition coefficient (Wildman–Crippen LogP) is 2.67. The molecule has 1 heteroatoms. The number of aliphatic hydroxyl groups is 1. The van der Waals surface area contributed by atoms with Crippen LogP contribution in [0.4, 0.5) is 0 Å². The smallest absolute Gasteiger partial charge is 0.0774 e. The highest BCUT2D eigenvalue weighted by atomic mass is 16.3. The van der Waals surface area contributed by atoms with Gasteiger partial charge in [-0.1, -0.05) is 30.7 Å². The van der Waals surface area contributed by atoms with Crippen molar-refractivity contribution in [3.63, 3.8) is 0 Å². The molecule has 0 heterocycles. The molecule has 0 aliphatic heterocycles. The third kappa shape index (κ3) is 7.34. The first-order valence-electron chi connectivity index (χ1n) is 4.03. The van der Waals surface area contributed by atoms with E-state index < -0.39 is 5.60 Å². The van der Waals surface area contributed by atoms with Gasteiger partial charge in [0.05, 0.1) is 5.60 Å². The van der Waals surface area contributed by atoms with Crippen LogP contribution in [0.3, 0.4) is 0 Å². The molecule has 64 valence electrons. The van der Waals surface area contributed by atoms with Crippen molar-refractivity contribution in [2.24, 2.45) is 0 Å². The van der Waals surface area contributed by atoms with E-state index in [1.807, 2.05) is 12.2 Å². The van der Waals surface area contributed by atoms with Crippen molar-refractivity contribution in [1.82, 2.24) is 0 Å². The van der Waals surface area contributed by atoms with Crippen molar-refractivity contribution in [2.45, 2.75) is 39.7 Å². The summed E-state index contributed by atoms with van der Waals surface area (Å²) in [6.07, 6.45) is 6.78. The average Bonchev–Trinajstić information content (AvgIpc) is 1.85. The minimum Gasteiger partial charge on any atom is -0.386 e. The van der Waals surface area contributed by atoms with Gasteiger partial charge in [0.15, 0.2) is 0 Å². The standard InChI is InChI=1S/C10H18O/c1-5-9(2)7-6-8-10(3,4)11/h6-8,11H,5H2,1-4H3/b8-6?,9-7-. The Morgan fingerprint density at radius 1 is 1.45 bits per heavy atom. The molecule has 0 aromatic rings. The normalized spacial score (nSPS) is 14.5. The summed E-state index contributed by atoms with van der Waals surface area (Å²) in [4.78, 5) is 0. The molecule has 0 aliphatic rings. The molecule has 0 aromatic heterocycles. The van der Waals surface area contributed by atoms with E-state index in [0.717, 1.165) is 6.42 Å². The molecule has 0 bridgehead atoms. The molecule has 0 unspecified atom stereocenters. The Balaban J connectivity index is 3.96. The molecule has 1 nitrogen and oxygen atoms in total. The fraction of sp³-hybridized carbons (Fsp3) is 0.600. The minimum atomic E-state index is -0.690. The molecule has 0 aliphatic carbocycles. The summed E-state index contributed by atoms with van der Waals surface area (Å²) in [7, 11) is 0. The third-order valence-corrected chi connectivity index (χ3v) is 1.44. The molecule has 0 rings (SSSR count). The summed E-state index contributed by atoms with van der Waals surface area (Å²) < 4.78 is 0. The number of hydrogen-bond donors (Lipinski definition) is 1. The molecule has 0 aromatic carbocycles. The van der Waals surface area contributed by atoms with Crippen LogP contribution < -0.4 is 0 Å². The lowest BCUT2D eigenvalue weighted by atomic mass is 10.1. The first kappa shape index (κ1) is 10.4. The van der Waals surface area contributed by atoms with E-state index in [2.05, 4.69) is 13.8 Å². The Morgan fingerprint density at radius 3 is 2.36 bits per heavy atom. The van der Waals surface area contributed by atoms with E-state index in [1.54, 1.807) is 19.9 Å². The topological polar surface area (TPSA) is 20.2 Å². The van der Waals surface area contributed by atoms with Crippen LogP contribution in [0.5, 0.6) is 0 Å². The molecule has 0 amide bonds. The first-order chi connectivity index (χ1) is 4.95. The molecular formula is C10H18O. The average molecular weight is 154 g/mol. The van der Waals surface area contributed by atoms with Crippen LogP contribution in [0.1, 0.15) is 34.1 Å². The van der Waals surface area contributed by atoms with Crippen LogP contribution >= 0.6 is 0 Å². The van der Waals surface area contributed by atoms with Gasteiger partial charge in [0.25, 0.3) is 0 Å². The van der Waals surface area contributed by atoms with Crippen LogP contribution in [0.25, 0.3) is 0 Å². The zero-order chi connectivity index (χ0) is 8.91. The summed E-state index contributed by atoms with van der Waals surface area (Å²) >= 11 is 0. The summed E-state index contributed by atoms with van der Waals surface area (Å²) in [6, 6.07) is 0. The largest absolute Gasteiger partial charge is 0.386 e. The lowest BCUT2D eigenvalue weighted by molar-refractivity contribution is 0.133. The van der Waals surface area contributed by atoms with Gasteiger partial charge in [0, 0.05) is 0 Å². The van der Waals surface area contributed by atoms with Crippen LogP contribution in [0.15, 0.2) is 23.8 Å². The van der Waals surface area contributed by atoms with Crippen molar-refractivity contribution in [1.29, 1.82) is 0 Å². The Hall–Kier alpha value is -0.560. The summed E-state index contributed by atoms with van der Waals surface area (Å²) in [6.45, 7) is 7.72. The molecule has 0 fully saturated rings. The van der Waals surface area contributed by atoms with E-state index in [-0.39, 0.29) is 0 Å². The second-order valence-electron chi connectivity index (χ2n) is 3.38. The quantitative estimate of drug-likeness (QED) is 0.620. The molecule has 0 atom stereocenters. The predicted molar refractivity (Wildman–Crippen MR) is 49.5 cm³/mol. The van der Waals surface area contributed by atoms with E-state index in [0.29, 0.717) is 0 Å². The lowest BCUT2D eigenvalue weighted by Crippen LogP contribution is -2.13. The molecule has 0 spiro atoms. The van der Waals surface area contributed by atoms with Gasteiger partial charge in [0.2, 0.25) is 0 Å². The Morgan fingerprint density at radius 2 is 2.00 bits per heavy atom. The van der Waals surface area contributed by atoms with E-state index in [9.17, 15) is 5.11 Å². The van der Waals surface area contributed by atoms with Gasteiger partial charge in [-0.05, 0) is 27.2 Å². The summed E-state index contributed by atoms with van der Waals surface area (Å²) in [5.41, 5.74) is 0.635. The molecule has 0 saturated heterocycles. The van der Waals surface area contributed by atoms with Crippen molar-refractivity contribution < 1.29 is 5.11 Å². The monoisotopic (exact) mass is 154 g/mol. The zero-order valence-electron chi connectivity index (χ0n) is 7.89. The molecule has 1 N–H and O–H groups in total. The SMILES string of the molecule is CC/C(C)=C\C=CC(C)(C)O. The highest BCUT2D eigenvalue weighted by Crippen LogP contribution is 2.04. The maximum absolute atomic E-state index is 9.29. The maximum atomic E-state index is 9.29. The van der Waals surface area contributed by atoms with Gasteiger partial charge in [-0.15, -0.1) is 0 Å². The zero-order valence-corrected chi connectivity index (χ0v) is 7.89. The maximum Gasteiger partial charge on any atom is 0.0774 e. The summed E-state index contributed by atoms with van der Waals surface area (Å²) in [5.74, 6) is 0. The van der Waals surface area contributed by atoms with E-state index in [1.165, 1.54) is 5.57 Å². The number of rotatable bonds is 3. The van der Waals surface area contributed by atoms with Crippen LogP contribution in [0, 0.1) is 0 Å². The molecule has 0 radical (unpaired) electrons. The third-order valence-electron chi connectivity index (χ3n) is 1.44. The second-order valence-corrected chi connectivity index (χ2v) is 3.38. The van der Waals surface area contributed by atoms with Crippen molar-refractivity contribution in [3.05, 3.63) is 23.8 Å². The van der Waals surface area contributed by atoms with Crippen LogP contribution in [-0.2, 0) is 0 Å². The van der Waals surface area contributed by atoms with Gasteiger partial charge in [-0.3, -0.25) is 0 Å². The number of hydrogen-bond acceptors (Lipinski definition) is 1. The van der Waals surface area contributed by atoms with E-state index >= 15 is 0 Å². The molecular weight excluding hydrogens is 136 g/mol. The Kier molecular flexibility index (Phi) is 4.12. The molecule has 11 heavy (non-hydrogen) atoms. The highest BCUT2D eigenvalue weighted by molar-refractivity contribution is 5.12. The van der Waals surface area contributed by atoms with E-state index in [4.69, 9.17) is 0 Å². The van der Waals surface area contributed by atoms with Gasteiger partial charge in [-0.2, -0.15) is 0 Å². The Bertz CT molecular complexity index is 158. The second kappa shape index (κ2) is 4.35. The van der Waals surface area contributed by atoms with Crippen molar-refractivity contribution in [3.8, 4) is 0 Å². The Labute approximate surface area is 69.4 Å². The van der Waals surface area contributed by atoms with Crippen molar-refractivity contribution >= 4 is 0 Å². The fourth-order valence-corrected chi connectivity index (χ4v) is 0.566. The minimum absolute atomic E-state index is 0.690.